The lowest BCUT2D eigenvalue weighted by Crippen LogP contribution is -2.47. The molecule has 0 saturated carbocycles. The van der Waals surface area contributed by atoms with Gasteiger partial charge in [-0.3, -0.25) is 4.79 Å². The number of benzene rings is 1. The van der Waals surface area contributed by atoms with Crippen LogP contribution in [0.25, 0.3) is 16.8 Å². The quantitative estimate of drug-likeness (QED) is 0.458. The third-order valence-electron chi connectivity index (χ3n) is 5.26. The van der Waals surface area contributed by atoms with E-state index in [1.807, 2.05) is 44.4 Å². The number of aromatic amines is 1. The van der Waals surface area contributed by atoms with Crippen molar-refractivity contribution >= 4 is 34.5 Å². The number of amides is 1. The molecule has 32 heavy (non-hydrogen) atoms. The second-order valence-electron chi connectivity index (χ2n) is 7.66. The molecule has 1 aromatic carbocycles. The van der Waals surface area contributed by atoms with Gasteiger partial charge in [-0.1, -0.05) is 11.8 Å². The van der Waals surface area contributed by atoms with Gasteiger partial charge in [0.15, 0.2) is 0 Å². The van der Waals surface area contributed by atoms with Gasteiger partial charge in [0, 0.05) is 23.9 Å². The van der Waals surface area contributed by atoms with Crippen LogP contribution in [-0.4, -0.2) is 79.0 Å². The van der Waals surface area contributed by atoms with Crippen molar-refractivity contribution in [1.82, 2.24) is 34.4 Å². The van der Waals surface area contributed by atoms with E-state index in [-0.39, 0.29) is 18.6 Å². The molecule has 10 nitrogen and oxygen atoms in total. The zero-order chi connectivity index (χ0) is 22.2. The third-order valence-corrected chi connectivity index (χ3v) is 5.80. The highest BCUT2D eigenvalue weighted by Gasteiger charge is 2.26. The molecule has 1 aliphatic heterocycles. The van der Waals surface area contributed by atoms with Gasteiger partial charge in [-0.2, -0.15) is 9.50 Å². The number of H-pyrrole nitrogens is 1. The molecule has 0 bridgehead atoms. The van der Waals surface area contributed by atoms with Crippen LogP contribution in [0.3, 0.4) is 0 Å². The minimum atomic E-state index is -0.252. The average molecular weight is 454 g/mol. The lowest BCUT2D eigenvalue weighted by molar-refractivity contribution is -0.0410. The second kappa shape index (κ2) is 8.40. The molecule has 1 saturated heterocycles. The van der Waals surface area contributed by atoms with Crippen LogP contribution < -0.4 is 4.74 Å². The Labute approximate surface area is 188 Å². The summed E-state index contributed by atoms with van der Waals surface area (Å²) in [4.78, 5) is 31.2. The highest BCUT2D eigenvalue weighted by Crippen LogP contribution is 2.20. The first kappa shape index (κ1) is 20.7. The zero-order valence-corrected chi connectivity index (χ0v) is 18.8. The van der Waals surface area contributed by atoms with Gasteiger partial charge in [0.2, 0.25) is 11.0 Å². The Bertz CT molecular complexity index is 1300. The first-order chi connectivity index (χ1) is 15.5. The Balaban J connectivity index is 1.28. The number of nitrogens with zero attached hydrogens (tertiary/aromatic N) is 6. The van der Waals surface area contributed by atoms with Crippen LogP contribution in [0.15, 0.2) is 29.4 Å². The van der Waals surface area contributed by atoms with Crippen LogP contribution in [-0.2, 0) is 4.74 Å². The molecular formula is C21H23N7O3S. The molecule has 1 amide bonds. The minimum absolute atomic E-state index is 0.0320. The fraction of sp³-hybridized carbons (Fsp3) is 0.381. The van der Waals surface area contributed by atoms with Crippen LogP contribution >= 0.6 is 11.8 Å². The summed E-state index contributed by atoms with van der Waals surface area (Å²) in [6, 6.07) is 7.35. The van der Waals surface area contributed by atoms with E-state index in [1.165, 1.54) is 11.8 Å². The number of hydrogen-bond acceptors (Lipinski definition) is 8. The molecule has 0 aliphatic carbocycles. The average Bonchev–Trinajstić information content (AvgIpc) is 3.38. The number of imidazole rings is 1. The van der Waals surface area contributed by atoms with Crippen molar-refractivity contribution in [3.05, 3.63) is 41.3 Å². The maximum Gasteiger partial charge on any atom is 0.256 e. The Morgan fingerprint density at radius 3 is 3.00 bits per heavy atom. The number of thioether (sulfide) groups is 1. The van der Waals surface area contributed by atoms with Crippen molar-refractivity contribution in [2.75, 3.05) is 32.6 Å². The van der Waals surface area contributed by atoms with E-state index in [9.17, 15) is 4.79 Å². The maximum absolute atomic E-state index is 13.1. The van der Waals surface area contributed by atoms with Crippen molar-refractivity contribution in [3.63, 3.8) is 0 Å². The van der Waals surface area contributed by atoms with Gasteiger partial charge in [-0.25, -0.2) is 9.97 Å². The first-order valence-electron chi connectivity index (χ1n) is 10.3. The van der Waals surface area contributed by atoms with Gasteiger partial charge in [0.05, 0.1) is 24.2 Å². The predicted molar refractivity (Wildman–Crippen MR) is 119 cm³/mol. The first-order valence-corrected chi connectivity index (χ1v) is 11.5. The normalized spacial score (nSPS) is 16.7. The predicted octanol–water partition coefficient (Wildman–Crippen LogP) is 2.26. The maximum atomic E-state index is 13.1. The third kappa shape index (κ3) is 4.00. The summed E-state index contributed by atoms with van der Waals surface area (Å²) in [5.74, 6) is 1.84. The fourth-order valence-corrected chi connectivity index (χ4v) is 4.10. The highest BCUT2D eigenvalue weighted by atomic mass is 32.2. The van der Waals surface area contributed by atoms with E-state index >= 15 is 0 Å². The Hall–Kier alpha value is -3.18. The van der Waals surface area contributed by atoms with Crippen molar-refractivity contribution in [3.8, 4) is 5.88 Å². The molecule has 5 rings (SSSR count). The largest absolute Gasteiger partial charge is 0.475 e. The summed E-state index contributed by atoms with van der Waals surface area (Å²) in [5.41, 5.74) is 3.12. The molecule has 1 unspecified atom stereocenters. The van der Waals surface area contributed by atoms with Crippen molar-refractivity contribution in [1.29, 1.82) is 0 Å². The number of rotatable bonds is 5. The van der Waals surface area contributed by atoms with Crippen molar-refractivity contribution in [2.45, 2.75) is 25.1 Å². The number of fused-ring (bicyclic) bond motifs is 2. The molecule has 1 N–H and O–H groups in total. The standard InChI is InChI=1S/C21H23N7O3S/c1-12-8-18(28-20(22-12)25-21(26-28)32-3)31-11-15-10-27(6-7-30-15)19(29)14-4-5-16-17(9-14)24-13(2)23-16/h4-5,8-9,15H,6-7,10-11H2,1-3H3,(H,23,24). The van der Waals surface area contributed by atoms with E-state index in [2.05, 4.69) is 25.0 Å². The van der Waals surface area contributed by atoms with Gasteiger partial charge in [0.1, 0.15) is 18.5 Å². The van der Waals surface area contributed by atoms with E-state index < -0.39 is 0 Å². The SMILES string of the molecule is CSc1nc2nc(C)cc(OCC3CN(C(=O)c4ccc5nc(C)[nH]c5c4)CCO3)n2n1. The summed E-state index contributed by atoms with van der Waals surface area (Å²) in [6.45, 7) is 5.50. The summed E-state index contributed by atoms with van der Waals surface area (Å²) in [5, 5.41) is 5.04. The van der Waals surface area contributed by atoms with E-state index in [0.717, 1.165) is 22.6 Å². The Morgan fingerprint density at radius 1 is 1.28 bits per heavy atom. The van der Waals surface area contributed by atoms with Crippen LogP contribution in [0.2, 0.25) is 0 Å². The van der Waals surface area contributed by atoms with Crippen molar-refractivity contribution in [2.24, 2.45) is 0 Å². The summed E-state index contributed by atoms with van der Waals surface area (Å²) in [6.07, 6.45) is 1.66. The number of nitrogens with one attached hydrogen (secondary N) is 1. The Morgan fingerprint density at radius 2 is 2.16 bits per heavy atom. The molecule has 4 heterocycles. The van der Waals surface area contributed by atoms with Gasteiger partial charge < -0.3 is 19.4 Å². The number of carbonyl (C=O) groups is 1. The van der Waals surface area contributed by atoms with Crippen LogP contribution in [0.4, 0.5) is 0 Å². The summed E-state index contributed by atoms with van der Waals surface area (Å²) >= 11 is 1.44. The number of aryl methyl sites for hydroxylation is 2. The molecule has 0 radical (unpaired) electrons. The lowest BCUT2D eigenvalue weighted by atomic mass is 10.1. The van der Waals surface area contributed by atoms with E-state index in [0.29, 0.717) is 42.1 Å². The lowest BCUT2D eigenvalue weighted by Gasteiger charge is -2.32. The highest BCUT2D eigenvalue weighted by molar-refractivity contribution is 7.98. The van der Waals surface area contributed by atoms with E-state index in [1.54, 1.807) is 9.42 Å². The van der Waals surface area contributed by atoms with Crippen LogP contribution in [0.1, 0.15) is 21.9 Å². The zero-order valence-electron chi connectivity index (χ0n) is 18.0. The Kier molecular flexibility index (Phi) is 5.43. The number of aromatic nitrogens is 6. The molecule has 11 heteroatoms. The number of carbonyl (C=O) groups excluding carboxylic acids is 1. The van der Waals surface area contributed by atoms with Crippen molar-refractivity contribution < 1.29 is 14.3 Å². The molecular weight excluding hydrogens is 430 g/mol. The molecule has 1 aliphatic rings. The number of morpholine rings is 1. The van der Waals surface area contributed by atoms with Gasteiger partial charge in [-0.05, 0) is 38.3 Å². The summed E-state index contributed by atoms with van der Waals surface area (Å²) < 4.78 is 13.5. The minimum Gasteiger partial charge on any atom is -0.475 e. The van der Waals surface area contributed by atoms with Crippen LogP contribution in [0, 0.1) is 13.8 Å². The molecule has 4 aromatic rings. The molecule has 166 valence electrons. The summed E-state index contributed by atoms with van der Waals surface area (Å²) in [7, 11) is 0. The molecule has 0 spiro atoms. The monoisotopic (exact) mass is 453 g/mol. The number of hydrogen-bond donors (Lipinski definition) is 1. The molecule has 1 fully saturated rings. The molecule has 3 aromatic heterocycles. The van der Waals surface area contributed by atoms with Gasteiger partial charge >= 0.3 is 0 Å². The van der Waals surface area contributed by atoms with Crippen LogP contribution in [0.5, 0.6) is 5.88 Å². The fourth-order valence-electron chi connectivity index (χ4n) is 3.76. The van der Waals surface area contributed by atoms with Gasteiger partial charge in [0.25, 0.3) is 11.7 Å². The van der Waals surface area contributed by atoms with E-state index in [4.69, 9.17) is 9.47 Å². The second-order valence-corrected chi connectivity index (χ2v) is 8.43. The topological polar surface area (TPSA) is 111 Å². The molecule has 1 atom stereocenters. The number of ether oxygens (including phenoxy) is 2. The smallest absolute Gasteiger partial charge is 0.256 e. The van der Waals surface area contributed by atoms with Gasteiger partial charge in [-0.15, -0.1) is 5.10 Å².